The molecule has 3 nitrogen and oxygen atoms in total. The maximum Gasteiger partial charge on any atom is 0.165 e. The molecule has 1 heterocycles. The number of ether oxygens (including phenoxy) is 1. The Kier molecular flexibility index (Phi) is 3.88. The molecule has 2 rings (SSSR count). The van der Waals surface area contributed by atoms with Crippen LogP contribution in [-0.2, 0) is 6.42 Å². The van der Waals surface area contributed by atoms with Crippen molar-refractivity contribution in [2.45, 2.75) is 33.2 Å². The van der Waals surface area contributed by atoms with E-state index in [0.29, 0.717) is 12.5 Å². The molecule has 0 spiro atoms. The van der Waals surface area contributed by atoms with Crippen molar-refractivity contribution < 1.29 is 9.13 Å². The monoisotopic (exact) mass is 262 g/mol. The highest BCUT2D eigenvalue weighted by Gasteiger charge is 2.10. The number of hydrogen-bond acceptors (Lipinski definition) is 2. The van der Waals surface area contributed by atoms with E-state index in [1.54, 1.807) is 6.07 Å². The number of nitrogens with zero attached hydrogens (tertiary/aromatic N) is 2. The minimum Gasteiger partial charge on any atom is -0.494 e. The van der Waals surface area contributed by atoms with Gasteiger partial charge in [0.1, 0.15) is 0 Å². The molecule has 0 amide bonds. The van der Waals surface area contributed by atoms with Crippen LogP contribution in [0.3, 0.4) is 0 Å². The molecule has 0 saturated heterocycles. The normalized spacial score (nSPS) is 11.1. The number of rotatable bonds is 4. The summed E-state index contributed by atoms with van der Waals surface area (Å²) in [7, 11) is 1.47. The summed E-state index contributed by atoms with van der Waals surface area (Å²) in [5.74, 6) is -0.0488. The molecule has 4 heteroatoms. The summed E-state index contributed by atoms with van der Waals surface area (Å²) >= 11 is 0. The van der Waals surface area contributed by atoms with Gasteiger partial charge in [0.2, 0.25) is 0 Å². The zero-order chi connectivity index (χ0) is 14.0. The van der Waals surface area contributed by atoms with E-state index in [4.69, 9.17) is 4.74 Å². The molecule has 1 aromatic heterocycles. The molecule has 0 aliphatic rings. The van der Waals surface area contributed by atoms with Crippen molar-refractivity contribution in [2.24, 2.45) is 0 Å². The summed E-state index contributed by atoms with van der Waals surface area (Å²) in [6.07, 6.45) is 2.54. The molecule has 0 fully saturated rings. The van der Waals surface area contributed by atoms with E-state index in [0.717, 1.165) is 16.8 Å². The second kappa shape index (κ2) is 5.43. The highest BCUT2D eigenvalue weighted by atomic mass is 19.1. The quantitative estimate of drug-likeness (QED) is 0.843. The summed E-state index contributed by atoms with van der Waals surface area (Å²) in [5.41, 5.74) is 3.18. The van der Waals surface area contributed by atoms with Crippen LogP contribution in [0.4, 0.5) is 4.39 Å². The largest absolute Gasteiger partial charge is 0.494 e. The minimum absolute atomic E-state index is 0.276. The predicted molar refractivity (Wildman–Crippen MR) is 73.1 cm³/mol. The van der Waals surface area contributed by atoms with Crippen molar-refractivity contribution in [1.82, 2.24) is 9.78 Å². The summed E-state index contributed by atoms with van der Waals surface area (Å²) in [4.78, 5) is 0. The van der Waals surface area contributed by atoms with Crippen molar-refractivity contribution in [1.29, 1.82) is 0 Å². The lowest BCUT2D eigenvalue weighted by Crippen LogP contribution is -2.05. The lowest BCUT2D eigenvalue weighted by molar-refractivity contribution is 0.386. The van der Waals surface area contributed by atoms with E-state index >= 15 is 0 Å². The third kappa shape index (κ3) is 2.78. The van der Waals surface area contributed by atoms with Gasteiger partial charge in [0.25, 0.3) is 0 Å². The van der Waals surface area contributed by atoms with Gasteiger partial charge in [0, 0.05) is 18.2 Å². The van der Waals surface area contributed by atoms with Crippen molar-refractivity contribution in [3.63, 3.8) is 0 Å². The molecule has 0 unspecified atom stereocenters. The van der Waals surface area contributed by atoms with Gasteiger partial charge in [0.15, 0.2) is 11.6 Å². The summed E-state index contributed by atoms with van der Waals surface area (Å²) < 4.78 is 20.5. The first-order chi connectivity index (χ1) is 9.02. The molecule has 0 N–H and O–H groups in total. The van der Waals surface area contributed by atoms with Crippen LogP contribution in [0.25, 0.3) is 0 Å². The van der Waals surface area contributed by atoms with Crippen molar-refractivity contribution in [2.75, 3.05) is 7.11 Å². The Morgan fingerprint density at radius 1 is 1.37 bits per heavy atom. The zero-order valence-corrected chi connectivity index (χ0v) is 11.8. The number of methoxy groups -OCH3 is 1. The van der Waals surface area contributed by atoms with Crippen LogP contribution in [0.2, 0.25) is 0 Å². The van der Waals surface area contributed by atoms with Crippen molar-refractivity contribution in [3.8, 4) is 5.75 Å². The Labute approximate surface area is 113 Å². The number of hydrogen-bond donors (Lipinski definition) is 0. The Morgan fingerprint density at radius 3 is 2.63 bits per heavy atom. The molecule has 1 aromatic carbocycles. The van der Waals surface area contributed by atoms with E-state index in [1.807, 2.05) is 23.9 Å². The fraction of sp³-hybridized carbons (Fsp3) is 0.400. The van der Waals surface area contributed by atoms with E-state index in [2.05, 4.69) is 18.9 Å². The topological polar surface area (TPSA) is 27.1 Å². The molecule has 102 valence electrons. The molecular weight excluding hydrogens is 243 g/mol. The van der Waals surface area contributed by atoms with Gasteiger partial charge < -0.3 is 4.74 Å². The summed E-state index contributed by atoms with van der Waals surface area (Å²) in [5, 5.41) is 4.37. The number of benzene rings is 1. The first kappa shape index (κ1) is 13.6. The lowest BCUT2D eigenvalue weighted by Gasteiger charge is -2.09. The zero-order valence-electron chi connectivity index (χ0n) is 11.8. The van der Waals surface area contributed by atoms with Gasteiger partial charge in [-0.1, -0.05) is 6.07 Å². The van der Waals surface area contributed by atoms with Gasteiger partial charge in [-0.15, -0.1) is 0 Å². The molecule has 0 aliphatic heterocycles. The van der Waals surface area contributed by atoms with Crippen LogP contribution in [-0.4, -0.2) is 16.9 Å². The SMILES string of the molecule is COc1ccc(Cc2cnn(C(C)C)c2C)cc1F. The van der Waals surface area contributed by atoms with Gasteiger partial charge in [-0.2, -0.15) is 5.10 Å². The second-order valence-corrected chi connectivity index (χ2v) is 4.94. The summed E-state index contributed by atoms with van der Waals surface area (Å²) in [6, 6.07) is 5.40. The van der Waals surface area contributed by atoms with Gasteiger partial charge >= 0.3 is 0 Å². The fourth-order valence-electron chi connectivity index (χ4n) is 2.19. The van der Waals surface area contributed by atoms with Gasteiger partial charge in [-0.25, -0.2) is 4.39 Å². The molecule has 0 bridgehead atoms. The Hall–Kier alpha value is -1.84. The maximum absolute atomic E-state index is 13.6. The number of halogens is 1. The first-order valence-electron chi connectivity index (χ1n) is 6.38. The summed E-state index contributed by atoms with van der Waals surface area (Å²) in [6.45, 7) is 6.23. The standard InChI is InChI=1S/C15H19FN2O/c1-10(2)18-11(3)13(9-17-18)7-12-5-6-15(19-4)14(16)8-12/h5-6,8-10H,7H2,1-4H3. The van der Waals surface area contributed by atoms with Gasteiger partial charge in [-0.05, 0) is 44.0 Å². The lowest BCUT2D eigenvalue weighted by atomic mass is 10.1. The fourth-order valence-corrected chi connectivity index (χ4v) is 2.19. The van der Waals surface area contributed by atoms with E-state index in [1.165, 1.54) is 13.2 Å². The average molecular weight is 262 g/mol. The highest BCUT2D eigenvalue weighted by Crippen LogP contribution is 2.21. The molecule has 0 aliphatic carbocycles. The van der Waals surface area contributed by atoms with Crippen LogP contribution in [0.15, 0.2) is 24.4 Å². The first-order valence-corrected chi connectivity index (χ1v) is 6.38. The smallest absolute Gasteiger partial charge is 0.165 e. The van der Waals surface area contributed by atoms with Gasteiger partial charge in [-0.3, -0.25) is 4.68 Å². The van der Waals surface area contributed by atoms with E-state index in [9.17, 15) is 4.39 Å². The van der Waals surface area contributed by atoms with Crippen LogP contribution in [0.5, 0.6) is 5.75 Å². The second-order valence-electron chi connectivity index (χ2n) is 4.94. The minimum atomic E-state index is -0.325. The van der Waals surface area contributed by atoms with E-state index in [-0.39, 0.29) is 11.6 Å². The highest BCUT2D eigenvalue weighted by molar-refractivity contribution is 5.33. The Bertz CT molecular complexity index is 576. The third-order valence-corrected chi connectivity index (χ3v) is 3.25. The van der Waals surface area contributed by atoms with Crippen molar-refractivity contribution in [3.05, 3.63) is 47.0 Å². The van der Waals surface area contributed by atoms with Crippen LogP contribution >= 0.6 is 0 Å². The van der Waals surface area contributed by atoms with Crippen molar-refractivity contribution >= 4 is 0 Å². The van der Waals surface area contributed by atoms with Crippen LogP contribution in [0, 0.1) is 12.7 Å². The van der Waals surface area contributed by atoms with E-state index < -0.39 is 0 Å². The predicted octanol–water partition coefficient (Wildman–Crippen LogP) is 3.51. The van der Waals surface area contributed by atoms with Gasteiger partial charge in [0.05, 0.1) is 13.3 Å². The maximum atomic E-state index is 13.6. The van der Waals surface area contributed by atoms with Crippen LogP contribution in [0.1, 0.15) is 36.7 Å². The molecule has 0 atom stereocenters. The molecule has 0 radical (unpaired) electrons. The average Bonchev–Trinajstić information content (AvgIpc) is 2.71. The molecular formula is C15H19FN2O. The Morgan fingerprint density at radius 2 is 2.11 bits per heavy atom. The third-order valence-electron chi connectivity index (χ3n) is 3.25. The molecule has 0 saturated carbocycles. The molecule has 19 heavy (non-hydrogen) atoms. The molecule has 2 aromatic rings. The Balaban J connectivity index is 2.24. The number of aromatic nitrogens is 2. The van der Waals surface area contributed by atoms with Crippen LogP contribution < -0.4 is 4.74 Å².